The molecule has 0 aliphatic heterocycles. The Labute approximate surface area is 149 Å². The number of rotatable bonds is 6. The van der Waals surface area contributed by atoms with E-state index in [9.17, 15) is 14.9 Å². The topological polar surface area (TPSA) is 90.1 Å². The molecule has 26 heavy (non-hydrogen) atoms. The largest absolute Gasteiger partial charge is 0.323 e. The smallest absolute Gasteiger partial charge is 0.276 e. The number of carbonyl (C=O) groups excluding carboxylic acids is 1. The summed E-state index contributed by atoms with van der Waals surface area (Å²) in [6.45, 7) is 0.652. The number of nitro groups is 1. The molecule has 3 rings (SSSR count). The summed E-state index contributed by atoms with van der Waals surface area (Å²) < 4.78 is 1.81. The van der Waals surface area contributed by atoms with E-state index in [2.05, 4.69) is 10.4 Å². The van der Waals surface area contributed by atoms with E-state index in [4.69, 9.17) is 0 Å². The molecular weight excluding hydrogens is 332 g/mol. The Morgan fingerprint density at radius 1 is 1.15 bits per heavy atom. The standard InChI is InChI=1S/C19H16N4O3/c24-19(11-8-16-4-1-2-5-18(16)23(25)26)21-17-9-6-15(7-10-17)14-22-13-3-12-20-22/h1-13H,14H2,(H,21,24)/b11-8+. The van der Waals surface area contributed by atoms with Crippen molar-refractivity contribution in [2.75, 3.05) is 5.32 Å². The minimum Gasteiger partial charge on any atom is -0.323 e. The molecule has 0 bridgehead atoms. The van der Waals surface area contributed by atoms with E-state index in [0.29, 0.717) is 17.8 Å². The minimum absolute atomic E-state index is 0.0421. The first-order valence-electron chi connectivity index (χ1n) is 7.91. The van der Waals surface area contributed by atoms with Crippen molar-refractivity contribution in [3.63, 3.8) is 0 Å². The second kappa shape index (κ2) is 7.89. The van der Waals surface area contributed by atoms with E-state index in [0.717, 1.165) is 5.56 Å². The number of para-hydroxylation sites is 1. The average Bonchev–Trinajstić information content (AvgIpc) is 3.15. The number of carbonyl (C=O) groups is 1. The van der Waals surface area contributed by atoms with Gasteiger partial charge in [0.25, 0.3) is 5.69 Å². The van der Waals surface area contributed by atoms with Crippen molar-refractivity contribution in [2.24, 2.45) is 0 Å². The van der Waals surface area contributed by atoms with Crippen molar-refractivity contribution in [1.29, 1.82) is 0 Å². The number of nitrogens with zero attached hydrogens (tertiary/aromatic N) is 3. The van der Waals surface area contributed by atoms with Gasteiger partial charge in [0.2, 0.25) is 5.91 Å². The molecule has 0 saturated carbocycles. The molecule has 0 unspecified atom stereocenters. The first-order valence-corrected chi connectivity index (χ1v) is 7.91. The predicted octanol–water partition coefficient (Wildman–Crippen LogP) is 3.49. The molecule has 0 radical (unpaired) electrons. The van der Waals surface area contributed by atoms with E-state index in [-0.39, 0.29) is 11.6 Å². The van der Waals surface area contributed by atoms with E-state index < -0.39 is 4.92 Å². The fourth-order valence-corrected chi connectivity index (χ4v) is 2.42. The van der Waals surface area contributed by atoms with Crippen LogP contribution in [0.25, 0.3) is 6.08 Å². The lowest BCUT2D eigenvalue weighted by atomic mass is 10.1. The third kappa shape index (κ3) is 4.41. The number of nitro benzene ring substituents is 1. The number of amides is 1. The molecule has 1 heterocycles. The van der Waals surface area contributed by atoms with Gasteiger partial charge in [-0.25, -0.2) is 0 Å². The molecule has 7 heteroatoms. The summed E-state index contributed by atoms with van der Waals surface area (Å²) >= 11 is 0. The van der Waals surface area contributed by atoms with Crippen molar-refractivity contribution in [2.45, 2.75) is 6.54 Å². The van der Waals surface area contributed by atoms with E-state index in [1.165, 1.54) is 18.2 Å². The first-order chi connectivity index (χ1) is 12.6. The van der Waals surface area contributed by atoms with Crippen LogP contribution in [-0.4, -0.2) is 20.6 Å². The number of benzene rings is 2. The molecule has 1 N–H and O–H groups in total. The molecule has 1 aromatic heterocycles. The highest BCUT2D eigenvalue weighted by molar-refractivity contribution is 6.02. The Morgan fingerprint density at radius 2 is 1.92 bits per heavy atom. The van der Waals surface area contributed by atoms with Crippen molar-refractivity contribution < 1.29 is 9.72 Å². The first kappa shape index (κ1) is 17.1. The number of nitrogens with one attached hydrogen (secondary N) is 1. The van der Waals surface area contributed by atoms with Gasteiger partial charge in [-0.3, -0.25) is 19.6 Å². The Bertz CT molecular complexity index is 932. The summed E-state index contributed by atoms with van der Waals surface area (Å²) in [5.74, 6) is -0.358. The van der Waals surface area contributed by atoms with Crippen LogP contribution in [0.5, 0.6) is 0 Å². The van der Waals surface area contributed by atoms with Crippen molar-refractivity contribution >= 4 is 23.4 Å². The third-order valence-electron chi connectivity index (χ3n) is 3.67. The molecule has 3 aromatic rings. The molecule has 0 spiro atoms. The highest BCUT2D eigenvalue weighted by Crippen LogP contribution is 2.19. The highest BCUT2D eigenvalue weighted by atomic mass is 16.6. The lowest BCUT2D eigenvalue weighted by Gasteiger charge is -2.05. The van der Waals surface area contributed by atoms with Gasteiger partial charge in [-0.2, -0.15) is 5.10 Å². The summed E-state index contributed by atoms with van der Waals surface area (Å²) in [5, 5.41) is 17.8. The summed E-state index contributed by atoms with van der Waals surface area (Å²) in [5.41, 5.74) is 2.04. The Morgan fingerprint density at radius 3 is 2.62 bits per heavy atom. The number of hydrogen-bond donors (Lipinski definition) is 1. The second-order valence-corrected chi connectivity index (χ2v) is 5.54. The zero-order chi connectivity index (χ0) is 18.4. The maximum absolute atomic E-state index is 12.0. The zero-order valence-corrected chi connectivity index (χ0v) is 13.8. The Hall–Kier alpha value is -3.74. The maximum Gasteiger partial charge on any atom is 0.276 e. The van der Waals surface area contributed by atoms with Crippen LogP contribution < -0.4 is 5.32 Å². The van der Waals surface area contributed by atoms with E-state index >= 15 is 0 Å². The predicted molar refractivity (Wildman–Crippen MR) is 98.5 cm³/mol. The Balaban J connectivity index is 1.62. The number of hydrogen-bond acceptors (Lipinski definition) is 4. The fraction of sp³-hybridized carbons (Fsp3) is 0.0526. The van der Waals surface area contributed by atoms with Crippen LogP contribution in [0.2, 0.25) is 0 Å². The summed E-state index contributed by atoms with van der Waals surface area (Å²) in [6.07, 6.45) is 6.31. The van der Waals surface area contributed by atoms with Gasteiger partial charge in [0.05, 0.1) is 17.0 Å². The SMILES string of the molecule is O=C(/C=C/c1ccccc1[N+](=O)[O-])Nc1ccc(Cn2cccn2)cc1. The quantitative estimate of drug-likeness (QED) is 0.419. The molecule has 1 amide bonds. The van der Waals surface area contributed by atoms with Crippen LogP contribution in [0.15, 0.2) is 73.1 Å². The van der Waals surface area contributed by atoms with Gasteiger partial charge >= 0.3 is 0 Å². The molecule has 130 valence electrons. The second-order valence-electron chi connectivity index (χ2n) is 5.54. The molecule has 0 saturated heterocycles. The molecule has 0 aliphatic carbocycles. The summed E-state index contributed by atoms with van der Waals surface area (Å²) in [4.78, 5) is 22.5. The minimum atomic E-state index is -0.476. The molecule has 0 fully saturated rings. The van der Waals surface area contributed by atoms with Gasteiger partial charge in [-0.1, -0.05) is 24.3 Å². The maximum atomic E-state index is 12.0. The van der Waals surface area contributed by atoms with E-state index in [1.54, 1.807) is 36.5 Å². The van der Waals surface area contributed by atoms with Crippen LogP contribution in [0.3, 0.4) is 0 Å². The van der Waals surface area contributed by atoms with Crippen LogP contribution in [0.1, 0.15) is 11.1 Å². The van der Waals surface area contributed by atoms with Gasteiger partial charge in [0.15, 0.2) is 0 Å². The van der Waals surface area contributed by atoms with Crippen molar-refractivity contribution in [3.8, 4) is 0 Å². The van der Waals surface area contributed by atoms with E-state index in [1.807, 2.05) is 29.1 Å². The molecular formula is C19H16N4O3. The van der Waals surface area contributed by atoms with Gasteiger partial charge in [0, 0.05) is 30.2 Å². The zero-order valence-electron chi connectivity index (χ0n) is 13.8. The van der Waals surface area contributed by atoms with Gasteiger partial charge in [-0.05, 0) is 35.9 Å². The average molecular weight is 348 g/mol. The lowest BCUT2D eigenvalue weighted by Crippen LogP contribution is -2.08. The van der Waals surface area contributed by atoms with Crippen molar-refractivity contribution in [1.82, 2.24) is 9.78 Å². The molecule has 7 nitrogen and oxygen atoms in total. The highest BCUT2D eigenvalue weighted by Gasteiger charge is 2.09. The molecule has 0 aliphatic rings. The van der Waals surface area contributed by atoms with Crippen molar-refractivity contribution in [3.05, 3.63) is 94.3 Å². The molecule has 0 atom stereocenters. The van der Waals surface area contributed by atoms with Crippen LogP contribution in [0.4, 0.5) is 11.4 Å². The monoisotopic (exact) mass is 348 g/mol. The number of anilines is 1. The fourth-order valence-electron chi connectivity index (χ4n) is 2.42. The Kier molecular flexibility index (Phi) is 5.19. The summed E-state index contributed by atoms with van der Waals surface area (Å²) in [6, 6.07) is 15.5. The lowest BCUT2D eigenvalue weighted by molar-refractivity contribution is -0.385. The number of aromatic nitrogens is 2. The van der Waals surface area contributed by atoms with Crippen LogP contribution >= 0.6 is 0 Å². The third-order valence-corrected chi connectivity index (χ3v) is 3.67. The van der Waals surface area contributed by atoms with Gasteiger partial charge in [0.1, 0.15) is 0 Å². The van der Waals surface area contributed by atoms with Gasteiger partial charge in [-0.15, -0.1) is 0 Å². The van der Waals surface area contributed by atoms with Gasteiger partial charge < -0.3 is 5.32 Å². The summed E-state index contributed by atoms with van der Waals surface area (Å²) in [7, 11) is 0. The van der Waals surface area contributed by atoms with Crippen LogP contribution in [0, 0.1) is 10.1 Å². The van der Waals surface area contributed by atoms with Crippen LogP contribution in [-0.2, 0) is 11.3 Å². The molecule has 2 aromatic carbocycles. The normalized spacial score (nSPS) is 10.8.